The molecule has 3 aromatic rings. The van der Waals surface area contributed by atoms with Crippen molar-refractivity contribution in [3.05, 3.63) is 59.4 Å². The number of halogens is 3. The fourth-order valence-corrected chi connectivity index (χ4v) is 6.04. The lowest BCUT2D eigenvalue weighted by Crippen LogP contribution is -2.28. The number of nitrogens with one attached hydrogen (secondary N) is 2. The summed E-state index contributed by atoms with van der Waals surface area (Å²) < 4.78 is 67.4. The summed E-state index contributed by atoms with van der Waals surface area (Å²) in [5.41, 5.74) is 2.88. The van der Waals surface area contributed by atoms with Crippen molar-refractivity contribution < 1.29 is 26.4 Å². The first-order chi connectivity index (χ1) is 18.0. The predicted octanol–water partition coefficient (Wildman–Crippen LogP) is 5.12. The van der Waals surface area contributed by atoms with Crippen LogP contribution in [0.5, 0.6) is 0 Å². The van der Waals surface area contributed by atoms with E-state index >= 15 is 0 Å². The molecular formula is C27H31F3N4O3S. The third-order valence-corrected chi connectivity index (χ3v) is 9.10. The Morgan fingerprint density at radius 3 is 2.32 bits per heavy atom. The van der Waals surface area contributed by atoms with Crippen LogP contribution in [0.15, 0.2) is 47.4 Å². The highest BCUT2D eigenvalue weighted by molar-refractivity contribution is 7.89. The molecule has 38 heavy (non-hydrogen) atoms. The number of carbonyl (C=O) groups is 1. The van der Waals surface area contributed by atoms with E-state index in [0.29, 0.717) is 36.4 Å². The molecule has 2 aliphatic carbocycles. The van der Waals surface area contributed by atoms with Crippen molar-refractivity contribution in [2.45, 2.75) is 68.6 Å². The van der Waals surface area contributed by atoms with Gasteiger partial charge in [-0.05, 0) is 87.4 Å². The number of nitrogens with zero attached hydrogens (tertiary/aromatic N) is 2. The van der Waals surface area contributed by atoms with Crippen LogP contribution >= 0.6 is 0 Å². The normalized spacial score (nSPS) is 20.5. The van der Waals surface area contributed by atoms with Crippen molar-refractivity contribution in [3.8, 4) is 0 Å². The molecule has 0 unspecified atom stereocenters. The van der Waals surface area contributed by atoms with Crippen molar-refractivity contribution in [1.29, 1.82) is 0 Å². The molecule has 5 rings (SSSR count). The fraction of sp³-hybridized carbons (Fsp3) is 0.481. The maximum absolute atomic E-state index is 13.1. The van der Waals surface area contributed by atoms with Gasteiger partial charge in [0.2, 0.25) is 10.0 Å². The zero-order chi connectivity index (χ0) is 27.1. The molecule has 7 nitrogen and oxygen atoms in total. The molecule has 2 aromatic carbocycles. The molecule has 1 amide bonds. The van der Waals surface area contributed by atoms with E-state index in [1.165, 1.54) is 19.2 Å². The summed E-state index contributed by atoms with van der Waals surface area (Å²) in [4.78, 5) is 17.8. The van der Waals surface area contributed by atoms with Crippen LogP contribution in [0.25, 0.3) is 11.0 Å². The molecule has 0 radical (unpaired) electrons. The van der Waals surface area contributed by atoms with E-state index in [1.807, 2.05) is 6.07 Å². The van der Waals surface area contributed by atoms with Crippen LogP contribution in [0.2, 0.25) is 0 Å². The van der Waals surface area contributed by atoms with E-state index in [4.69, 9.17) is 4.98 Å². The van der Waals surface area contributed by atoms with Gasteiger partial charge in [-0.15, -0.1) is 0 Å². The van der Waals surface area contributed by atoms with Crippen LogP contribution in [0, 0.1) is 11.8 Å². The first kappa shape index (κ1) is 26.7. The van der Waals surface area contributed by atoms with Crippen LogP contribution in [0.4, 0.5) is 13.2 Å². The number of alkyl halides is 3. The Morgan fingerprint density at radius 1 is 1.03 bits per heavy atom. The minimum absolute atomic E-state index is 0.149. The van der Waals surface area contributed by atoms with Gasteiger partial charge in [0.05, 0.1) is 21.8 Å². The largest absolute Gasteiger partial charge is 0.391 e. The lowest BCUT2D eigenvalue weighted by molar-refractivity contribution is -0.183. The highest BCUT2D eigenvalue weighted by Crippen LogP contribution is 2.42. The number of imidazole rings is 1. The Morgan fingerprint density at radius 2 is 1.71 bits per heavy atom. The molecule has 1 heterocycles. The van der Waals surface area contributed by atoms with E-state index in [0.717, 1.165) is 29.7 Å². The van der Waals surface area contributed by atoms with Gasteiger partial charge in [0.15, 0.2) is 0 Å². The summed E-state index contributed by atoms with van der Waals surface area (Å²) in [6.45, 7) is 0.235. The number of hydrogen-bond acceptors (Lipinski definition) is 4. The second-order valence-corrected chi connectivity index (χ2v) is 12.2. The van der Waals surface area contributed by atoms with Crippen LogP contribution < -0.4 is 10.0 Å². The van der Waals surface area contributed by atoms with Gasteiger partial charge in [0, 0.05) is 24.6 Å². The van der Waals surface area contributed by atoms with Gasteiger partial charge in [-0.2, -0.15) is 13.2 Å². The summed E-state index contributed by atoms with van der Waals surface area (Å²) in [6, 6.07) is 12.1. The Hall–Kier alpha value is -2.92. The second-order valence-electron chi connectivity index (χ2n) is 10.3. The molecule has 2 aliphatic rings. The highest BCUT2D eigenvalue weighted by Gasteiger charge is 2.41. The molecule has 0 bridgehead atoms. The summed E-state index contributed by atoms with van der Waals surface area (Å²) in [6.07, 6.45) is 0.0929. The minimum atomic E-state index is -4.11. The molecular weight excluding hydrogens is 517 g/mol. The Balaban J connectivity index is 1.27. The summed E-state index contributed by atoms with van der Waals surface area (Å²) >= 11 is 0. The number of fused-ring (bicyclic) bond motifs is 1. The van der Waals surface area contributed by atoms with Gasteiger partial charge in [0.1, 0.15) is 5.82 Å². The van der Waals surface area contributed by atoms with Crippen molar-refractivity contribution in [3.63, 3.8) is 0 Å². The van der Waals surface area contributed by atoms with Gasteiger partial charge >= 0.3 is 6.18 Å². The van der Waals surface area contributed by atoms with Gasteiger partial charge in [-0.3, -0.25) is 4.79 Å². The molecule has 11 heteroatoms. The van der Waals surface area contributed by atoms with E-state index in [2.05, 4.69) is 14.6 Å². The second kappa shape index (κ2) is 10.3. The summed E-state index contributed by atoms with van der Waals surface area (Å²) in [5.74, 6) is -0.388. The van der Waals surface area contributed by atoms with Crippen LogP contribution in [-0.2, 0) is 23.0 Å². The van der Waals surface area contributed by atoms with E-state index in [1.54, 1.807) is 24.3 Å². The van der Waals surface area contributed by atoms with Gasteiger partial charge in [-0.25, -0.2) is 18.1 Å². The number of amides is 1. The minimum Gasteiger partial charge on any atom is -0.348 e. The van der Waals surface area contributed by atoms with Crippen molar-refractivity contribution in [1.82, 2.24) is 19.6 Å². The Bertz CT molecular complexity index is 1420. The van der Waals surface area contributed by atoms with Crippen LogP contribution in [0.1, 0.15) is 66.3 Å². The zero-order valence-electron chi connectivity index (χ0n) is 21.1. The maximum atomic E-state index is 13.1. The van der Waals surface area contributed by atoms with Crippen LogP contribution in [-0.4, -0.2) is 37.1 Å². The number of hydrogen-bond donors (Lipinski definition) is 2. The summed E-state index contributed by atoms with van der Waals surface area (Å²) in [5, 5.41) is 2.86. The first-order valence-electron chi connectivity index (χ1n) is 12.9. The fourth-order valence-electron chi connectivity index (χ4n) is 5.31. The van der Waals surface area contributed by atoms with Crippen molar-refractivity contribution in [2.24, 2.45) is 11.8 Å². The summed E-state index contributed by atoms with van der Waals surface area (Å²) in [7, 11) is -2.18. The van der Waals surface area contributed by atoms with E-state index in [9.17, 15) is 26.4 Å². The third kappa shape index (κ3) is 5.73. The Kier molecular flexibility index (Phi) is 7.25. The molecule has 0 atom stereocenters. The number of sulfonamides is 1. The average molecular weight is 549 g/mol. The first-order valence-corrected chi connectivity index (χ1v) is 14.4. The quantitative estimate of drug-likeness (QED) is 0.409. The lowest BCUT2D eigenvalue weighted by atomic mass is 9.80. The molecule has 0 spiro atoms. The molecule has 0 saturated heterocycles. The molecule has 204 valence electrons. The Labute approximate surface area is 219 Å². The molecule has 2 N–H and O–H groups in total. The third-order valence-electron chi connectivity index (χ3n) is 7.67. The zero-order valence-corrected chi connectivity index (χ0v) is 21.9. The number of carbonyl (C=O) groups excluding carboxylic acids is 1. The van der Waals surface area contributed by atoms with Crippen molar-refractivity contribution >= 4 is 27.0 Å². The number of rotatable bonds is 8. The lowest BCUT2D eigenvalue weighted by Gasteiger charge is -2.29. The van der Waals surface area contributed by atoms with E-state index in [-0.39, 0.29) is 36.1 Å². The van der Waals surface area contributed by atoms with Gasteiger partial charge < -0.3 is 9.88 Å². The number of aromatic nitrogens is 2. The van der Waals surface area contributed by atoms with Crippen molar-refractivity contribution in [2.75, 3.05) is 7.05 Å². The standard InChI is InChI=1S/C27H31F3N4O3S/c1-31-38(36,37)22-11-4-18(5-12-22)16-32-26(35)19-6-13-24-23(15-19)33-25(34(24)21-9-10-21)14-17-2-7-20(8-3-17)27(28,29)30/h4-6,11-13,15,17,20-21,31H,2-3,7-10,14,16H2,1H3,(H,32,35)/t17-,20-. The highest BCUT2D eigenvalue weighted by atomic mass is 32.2. The van der Waals surface area contributed by atoms with Crippen LogP contribution in [0.3, 0.4) is 0 Å². The molecule has 2 fully saturated rings. The topological polar surface area (TPSA) is 93.1 Å². The molecule has 1 aromatic heterocycles. The SMILES string of the molecule is CNS(=O)(=O)c1ccc(CNC(=O)c2ccc3c(c2)nc(C[C@H]2CC[C@H](C(F)(F)F)CC2)n3C2CC2)cc1. The number of benzene rings is 2. The monoisotopic (exact) mass is 548 g/mol. The molecule has 0 aliphatic heterocycles. The maximum Gasteiger partial charge on any atom is 0.391 e. The van der Waals surface area contributed by atoms with Gasteiger partial charge in [0.25, 0.3) is 5.91 Å². The average Bonchev–Trinajstić information content (AvgIpc) is 3.67. The smallest absolute Gasteiger partial charge is 0.348 e. The van der Waals surface area contributed by atoms with Gasteiger partial charge in [-0.1, -0.05) is 12.1 Å². The molecule has 2 saturated carbocycles. The predicted molar refractivity (Wildman–Crippen MR) is 137 cm³/mol. The van der Waals surface area contributed by atoms with E-state index < -0.39 is 22.1 Å².